The predicted molar refractivity (Wildman–Crippen MR) is 99.6 cm³/mol. The van der Waals surface area contributed by atoms with Crippen LogP contribution in [0.25, 0.3) is 0 Å². The van der Waals surface area contributed by atoms with Crippen molar-refractivity contribution in [2.45, 2.75) is 25.4 Å². The zero-order valence-electron chi connectivity index (χ0n) is 13.6. The van der Waals surface area contributed by atoms with Crippen LogP contribution in [0.5, 0.6) is 0 Å². The lowest BCUT2D eigenvalue weighted by atomic mass is 10.1. The van der Waals surface area contributed by atoms with E-state index in [1.54, 1.807) is 6.92 Å². The summed E-state index contributed by atoms with van der Waals surface area (Å²) in [5.74, 6) is -2.39. The fraction of sp³-hybridized carbons (Fsp3) is 0.375. The van der Waals surface area contributed by atoms with Gasteiger partial charge in [0, 0.05) is 29.1 Å². The second kappa shape index (κ2) is 10.1. The van der Waals surface area contributed by atoms with E-state index in [9.17, 15) is 19.2 Å². The van der Waals surface area contributed by atoms with Crippen molar-refractivity contribution >= 4 is 48.8 Å². The average molecular weight is 384 g/mol. The predicted octanol–water partition coefficient (Wildman–Crippen LogP) is 0.807. The van der Waals surface area contributed by atoms with Gasteiger partial charge in [0.1, 0.15) is 6.04 Å². The molecule has 0 spiro atoms. The highest BCUT2D eigenvalue weighted by Crippen LogP contribution is 2.07. The molecule has 0 aliphatic carbocycles. The fourth-order valence-electron chi connectivity index (χ4n) is 1.94. The third-order valence-electron chi connectivity index (χ3n) is 3.40. The Bertz CT molecular complexity index is 666. The van der Waals surface area contributed by atoms with Crippen LogP contribution in [-0.4, -0.2) is 52.3 Å². The first-order chi connectivity index (χ1) is 11.8. The molecule has 1 aromatic rings. The first kappa shape index (κ1) is 21.0. The molecule has 0 radical (unpaired) electrons. The van der Waals surface area contributed by atoms with Gasteiger partial charge in [0.2, 0.25) is 0 Å². The maximum atomic E-state index is 12.3. The second-order valence-corrected chi connectivity index (χ2v) is 5.89. The Kier molecular flexibility index (Phi) is 8.50. The number of carboxylic acid groups (broad SMARTS) is 1. The Labute approximate surface area is 156 Å². The first-order valence-corrected chi connectivity index (χ1v) is 8.79. The van der Waals surface area contributed by atoms with E-state index in [0.29, 0.717) is 0 Å². The number of aliphatic carboxylic acids is 1. The van der Waals surface area contributed by atoms with E-state index in [1.807, 2.05) is 0 Å². The van der Waals surface area contributed by atoms with Crippen molar-refractivity contribution in [3.05, 3.63) is 35.4 Å². The number of rotatable bonds is 9. The molecule has 0 aliphatic rings. The number of benzene rings is 1. The van der Waals surface area contributed by atoms with Crippen molar-refractivity contribution in [2.24, 2.45) is 0 Å². The lowest BCUT2D eigenvalue weighted by molar-refractivity contribution is -0.138. The van der Waals surface area contributed by atoms with Gasteiger partial charge in [-0.3, -0.25) is 14.4 Å². The summed E-state index contributed by atoms with van der Waals surface area (Å²) in [6.07, 6.45) is 0.272. The molecule has 1 rings (SSSR count). The van der Waals surface area contributed by atoms with E-state index in [0.717, 1.165) is 0 Å². The summed E-state index contributed by atoms with van der Waals surface area (Å²) in [6.45, 7) is 1.69. The third kappa shape index (κ3) is 6.09. The summed E-state index contributed by atoms with van der Waals surface area (Å²) in [5.41, 5.74) is 0.311. The number of carbonyl (C=O) groups excluding carboxylic acids is 3. The molecule has 3 N–H and O–H groups in total. The van der Waals surface area contributed by atoms with Gasteiger partial charge in [-0.25, -0.2) is 4.79 Å². The van der Waals surface area contributed by atoms with Crippen molar-refractivity contribution in [3.8, 4) is 0 Å². The molecule has 0 aliphatic heterocycles. The number of amides is 2. The van der Waals surface area contributed by atoms with E-state index in [2.05, 4.69) is 35.9 Å². The van der Waals surface area contributed by atoms with Gasteiger partial charge in [-0.1, -0.05) is 13.0 Å². The van der Waals surface area contributed by atoms with E-state index in [4.69, 9.17) is 5.11 Å². The van der Waals surface area contributed by atoms with Gasteiger partial charge in [0.15, 0.2) is 5.78 Å². The van der Waals surface area contributed by atoms with E-state index < -0.39 is 29.9 Å². The minimum Gasteiger partial charge on any atom is -0.480 e. The summed E-state index contributed by atoms with van der Waals surface area (Å²) in [7, 11) is 0. The van der Waals surface area contributed by atoms with Crippen molar-refractivity contribution in [3.63, 3.8) is 0 Å². The quantitative estimate of drug-likeness (QED) is 0.405. The molecule has 7 nitrogen and oxygen atoms in total. The molecule has 2 amide bonds. The molecule has 0 saturated heterocycles. The summed E-state index contributed by atoms with van der Waals surface area (Å²) in [6, 6.07) is 3.93. The van der Waals surface area contributed by atoms with Crippen LogP contribution in [0.15, 0.2) is 24.3 Å². The summed E-state index contributed by atoms with van der Waals surface area (Å²) < 4.78 is 0. The van der Waals surface area contributed by atoms with Crippen molar-refractivity contribution in [2.75, 3.05) is 11.5 Å². The summed E-state index contributed by atoms with van der Waals surface area (Å²) in [5, 5.41) is 13.8. The van der Waals surface area contributed by atoms with Crippen LogP contribution in [0.1, 0.15) is 34.1 Å². The average Bonchev–Trinajstić information content (AvgIpc) is 2.62. The molecule has 25 heavy (non-hydrogen) atoms. The van der Waals surface area contributed by atoms with Gasteiger partial charge in [-0.05, 0) is 18.2 Å². The SMILES string of the molecule is CCC(=O)C(CS)NC(=O)c1cccc(C(=O)NC(CS)C(=O)O)c1. The lowest BCUT2D eigenvalue weighted by Gasteiger charge is -2.15. The van der Waals surface area contributed by atoms with Crippen LogP contribution >= 0.6 is 25.3 Å². The fourth-order valence-corrected chi connectivity index (χ4v) is 2.49. The molecule has 2 atom stereocenters. The van der Waals surface area contributed by atoms with Gasteiger partial charge in [-0.15, -0.1) is 0 Å². The van der Waals surface area contributed by atoms with Crippen LogP contribution in [0.4, 0.5) is 0 Å². The van der Waals surface area contributed by atoms with Gasteiger partial charge in [0.25, 0.3) is 11.8 Å². The van der Waals surface area contributed by atoms with Crippen molar-refractivity contribution in [1.29, 1.82) is 0 Å². The number of thiol groups is 2. The summed E-state index contributed by atoms with van der Waals surface area (Å²) >= 11 is 7.93. The van der Waals surface area contributed by atoms with E-state index in [1.165, 1.54) is 24.3 Å². The Morgan fingerprint density at radius 2 is 1.48 bits per heavy atom. The molecule has 0 fully saturated rings. The molecule has 9 heteroatoms. The Morgan fingerprint density at radius 1 is 1.00 bits per heavy atom. The molecule has 0 heterocycles. The number of ketones is 1. The summed E-state index contributed by atoms with van der Waals surface area (Å²) in [4.78, 5) is 47.0. The highest BCUT2D eigenvalue weighted by atomic mass is 32.1. The minimum absolute atomic E-state index is 0.0655. The van der Waals surface area contributed by atoms with Crippen LogP contribution in [-0.2, 0) is 9.59 Å². The van der Waals surface area contributed by atoms with E-state index >= 15 is 0 Å². The van der Waals surface area contributed by atoms with Crippen molar-refractivity contribution in [1.82, 2.24) is 10.6 Å². The lowest BCUT2D eigenvalue weighted by Crippen LogP contribution is -2.43. The van der Waals surface area contributed by atoms with Crippen molar-refractivity contribution < 1.29 is 24.3 Å². The highest BCUT2D eigenvalue weighted by molar-refractivity contribution is 7.80. The van der Waals surface area contributed by atoms with Crippen LogP contribution in [0.2, 0.25) is 0 Å². The molecule has 0 aromatic heterocycles. The van der Waals surface area contributed by atoms with Gasteiger partial charge in [0.05, 0.1) is 6.04 Å². The van der Waals surface area contributed by atoms with Gasteiger partial charge in [-0.2, -0.15) is 25.3 Å². The zero-order valence-corrected chi connectivity index (χ0v) is 15.3. The number of hydrogen-bond donors (Lipinski definition) is 5. The van der Waals surface area contributed by atoms with Gasteiger partial charge < -0.3 is 15.7 Å². The smallest absolute Gasteiger partial charge is 0.327 e. The minimum atomic E-state index is -1.20. The molecular formula is C16H20N2O5S2. The maximum absolute atomic E-state index is 12.3. The number of Topliss-reactive ketones (excluding diaryl/α,β-unsaturated/α-hetero) is 1. The molecule has 0 bridgehead atoms. The second-order valence-electron chi connectivity index (χ2n) is 5.16. The monoisotopic (exact) mass is 384 g/mol. The maximum Gasteiger partial charge on any atom is 0.327 e. The van der Waals surface area contributed by atoms with Crippen LogP contribution < -0.4 is 10.6 Å². The highest BCUT2D eigenvalue weighted by Gasteiger charge is 2.21. The molecule has 2 unspecified atom stereocenters. The Balaban J connectivity index is 2.89. The number of carboxylic acids is 1. The largest absolute Gasteiger partial charge is 0.480 e. The number of nitrogens with one attached hydrogen (secondary N) is 2. The van der Waals surface area contributed by atoms with Crippen LogP contribution in [0.3, 0.4) is 0 Å². The number of carbonyl (C=O) groups is 4. The third-order valence-corrected chi connectivity index (χ3v) is 4.13. The first-order valence-electron chi connectivity index (χ1n) is 7.53. The molecule has 1 aromatic carbocycles. The number of hydrogen-bond acceptors (Lipinski definition) is 6. The standard InChI is InChI=1S/C16H20N2O5S2/c1-2-13(19)11(7-24)17-14(20)9-4-3-5-10(6-9)15(21)18-12(8-25)16(22)23/h3-6,11-12,24-25H,2,7-8H2,1H3,(H,17,20)(H,18,21)(H,22,23). The normalized spacial score (nSPS) is 12.8. The van der Waals surface area contributed by atoms with Gasteiger partial charge >= 0.3 is 5.97 Å². The topological polar surface area (TPSA) is 113 Å². The molecular weight excluding hydrogens is 364 g/mol. The molecule has 0 saturated carbocycles. The zero-order chi connectivity index (χ0) is 19.0. The van der Waals surface area contributed by atoms with E-state index in [-0.39, 0.29) is 34.8 Å². The van der Waals surface area contributed by atoms with Crippen LogP contribution in [0, 0.1) is 0 Å². The Morgan fingerprint density at radius 3 is 1.88 bits per heavy atom. The molecule has 136 valence electrons. The Hall–Kier alpha value is -2.00.